The minimum Gasteiger partial charge on any atom is -0.389 e. The van der Waals surface area contributed by atoms with Crippen LogP contribution in [0.1, 0.15) is 12.8 Å². The third-order valence-electron chi connectivity index (χ3n) is 3.27. The molecule has 4 nitrogen and oxygen atoms in total. The zero-order valence-corrected chi connectivity index (χ0v) is 11.8. The van der Waals surface area contributed by atoms with Gasteiger partial charge in [-0.05, 0) is 37.0 Å². The lowest BCUT2D eigenvalue weighted by atomic mass is 10.2. The summed E-state index contributed by atoms with van der Waals surface area (Å²) in [7, 11) is 4.03. The Kier molecular flexibility index (Phi) is 5.05. The van der Waals surface area contributed by atoms with Gasteiger partial charge in [0, 0.05) is 38.6 Å². The largest absolute Gasteiger partial charge is 0.389 e. The number of benzene rings is 1. The van der Waals surface area contributed by atoms with Gasteiger partial charge in [-0.3, -0.25) is 0 Å². The van der Waals surface area contributed by atoms with Gasteiger partial charge in [-0.1, -0.05) is 6.07 Å². The minimum absolute atomic E-state index is 0.414. The quantitative estimate of drug-likeness (QED) is 0.753. The van der Waals surface area contributed by atoms with Crippen LogP contribution in [0, 0.1) is 5.92 Å². The van der Waals surface area contributed by atoms with Gasteiger partial charge in [0.05, 0.1) is 12.7 Å². The van der Waals surface area contributed by atoms with E-state index in [2.05, 4.69) is 22.3 Å². The lowest BCUT2D eigenvalue weighted by molar-refractivity contribution is 0.0386. The minimum atomic E-state index is -0.457. The lowest BCUT2D eigenvalue weighted by Crippen LogP contribution is -2.25. The Balaban J connectivity index is 1.69. The molecule has 0 spiro atoms. The number of hydrogen-bond acceptors (Lipinski definition) is 4. The van der Waals surface area contributed by atoms with Crippen LogP contribution in [0.15, 0.2) is 24.3 Å². The molecule has 106 valence electrons. The first kappa shape index (κ1) is 14.2. The predicted octanol–water partition coefficient (Wildman–Crippen LogP) is 1.95. The van der Waals surface area contributed by atoms with E-state index in [-0.39, 0.29) is 0 Å². The molecular weight excluding hydrogens is 240 g/mol. The summed E-state index contributed by atoms with van der Waals surface area (Å²) in [6, 6.07) is 8.14. The van der Waals surface area contributed by atoms with E-state index in [9.17, 15) is 5.11 Å². The van der Waals surface area contributed by atoms with Crippen molar-refractivity contribution in [3.63, 3.8) is 0 Å². The number of ether oxygens (including phenoxy) is 1. The molecule has 0 aromatic heterocycles. The highest BCUT2D eigenvalue weighted by molar-refractivity contribution is 5.57. The highest BCUT2D eigenvalue weighted by Gasteiger charge is 2.21. The van der Waals surface area contributed by atoms with Crippen LogP contribution in [0.5, 0.6) is 0 Å². The summed E-state index contributed by atoms with van der Waals surface area (Å²) in [5.74, 6) is 0.747. The van der Waals surface area contributed by atoms with Crippen LogP contribution in [0.2, 0.25) is 0 Å². The van der Waals surface area contributed by atoms with E-state index in [1.807, 2.05) is 26.2 Å². The molecule has 0 amide bonds. The molecule has 1 aromatic carbocycles. The molecule has 0 radical (unpaired) electrons. The SMILES string of the molecule is CN(C)c1cccc(NCC(O)COCC2CC2)c1. The summed E-state index contributed by atoms with van der Waals surface area (Å²) >= 11 is 0. The average Bonchev–Trinajstić information content (AvgIpc) is 3.21. The standard InChI is InChI=1S/C15H24N2O2/c1-17(2)14-5-3-4-13(8-14)16-9-15(18)11-19-10-12-6-7-12/h3-5,8,12,15-16,18H,6-7,9-11H2,1-2H3. The van der Waals surface area contributed by atoms with Crippen molar-refractivity contribution in [3.8, 4) is 0 Å². The lowest BCUT2D eigenvalue weighted by Gasteiger charge is -2.16. The fraction of sp³-hybridized carbons (Fsp3) is 0.600. The second-order valence-electron chi connectivity index (χ2n) is 5.46. The average molecular weight is 264 g/mol. The van der Waals surface area contributed by atoms with Crippen molar-refractivity contribution in [2.24, 2.45) is 5.92 Å². The van der Waals surface area contributed by atoms with Crippen molar-refractivity contribution in [1.82, 2.24) is 0 Å². The molecule has 0 aliphatic heterocycles. The Morgan fingerprint density at radius 1 is 1.42 bits per heavy atom. The van der Waals surface area contributed by atoms with Crippen LogP contribution in [0.25, 0.3) is 0 Å². The maximum absolute atomic E-state index is 9.82. The number of anilines is 2. The first-order valence-electron chi connectivity index (χ1n) is 6.92. The smallest absolute Gasteiger partial charge is 0.0945 e. The molecule has 2 rings (SSSR count). The summed E-state index contributed by atoms with van der Waals surface area (Å²) in [4.78, 5) is 2.06. The highest BCUT2D eigenvalue weighted by atomic mass is 16.5. The molecule has 1 aliphatic carbocycles. The first-order valence-corrected chi connectivity index (χ1v) is 6.92. The highest BCUT2D eigenvalue weighted by Crippen LogP contribution is 2.28. The van der Waals surface area contributed by atoms with E-state index < -0.39 is 6.10 Å². The molecule has 0 bridgehead atoms. The fourth-order valence-corrected chi connectivity index (χ4v) is 1.84. The zero-order valence-electron chi connectivity index (χ0n) is 11.8. The summed E-state index contributed by atoms with van der Waals surface area (Å²) in [5, 5.41) is 13.1. The van der Waals surface area contributed by atoms with Crippen LogP contribution in [0.4, 0.5) is 11.4 Å². The monoisotopic (exact) mass is 264 g/mol. The van der Waals surface area contributed by atoms with Crippen LogP contribution >= 0.6 is 0 Å². The summed E-state index contributed by atoms with van der Waals surface area (Å²) in [6.07, 6.45) is 2.11. The Morgan fingerprint density at radius 2 is 2.21 bits per heavy atom. The van der Waals surface area contributed by atoms with Gasteiger partial charge in [0.1, 0.15) is 0 Å². The Morgan fingerprint density at radius 3 is 2.89 bits per heavy atom. The van der Waals surface area contributed by atoms with E-state index in [0.29, 0.717) is 13.2 Å². The molecule has 1 fully saturated rings. The van der Waals surface area contributed by atoms with Gasteiger partial charge in [-0.25, -0.2) is 0 Å². The molecule has 1 aliphatic rings. The molecule has 1 aromatic rings. The van der Waals surface area contributed by atoms with E-state index in [0.717, 1.165) is 23.9 Å². The zero-order chi connectivity index (χ0) is 13.7. The van der Waals surface area contributed by atoms with Crippen molar-refractivity contribution in [2.75, 3.05) is 44.1 Å². The predicted molar refractivity (Wildman–Crippen MR) is 78.8 cm³/mol. The van der Waals surface area contributed by atoms with Crippen molar-refractivity contribution >= 4 is 11.4 Å². The van der Waals surface area contributed by atoms with E-state index in [1.54, 1.807) is 0 Å². The summed E-state index contributed by atoms with van der Waals surface area (Å²) in [6.45, 7) is 1.73. The molecule has 1 saturated carbocycles. The van der Waals surface area contributed by atoms with Crippen molar-refractivity contribution < 1.29 is 9.84 Å². The van der Waals surface area contributed by atoms with Crippen LogP contribution < -0.4 is 10.2 Å². The first-order chi connectivity index (χ1) is 9.15. The normalized spacial score (nSPS) is 16.2. The molecule has 1 atom stereocenters. The number of nitrogens with one attached hydrogen (secondary N) is 1. The van der Waals surface area contributed by atoms with E-state index in [1.165, 1.54) is 12.8 Å². The molecule has 0 heterocycles. The van der Waals surface area contributed by atoms with E-state index in [4.69, 9.17) is 4.74 Å². The van der Waals surface area contributed by atoms with Crippen molar-refractivity contribution in [2.45, 2.75) is 18.9 Å². The number of nitrogens with zero attached hydrogens (tertiary/aromatic N) is 1. The maximum atomic E-state index is 9.82. The van der Waals surface area contributed by atoms with Crippen LogP contribution in [-0.2, 0) is 4.74 Å². The Bertz CT molecular complexity index is 391. The van der Waals surface area contributed by atoms with Crippen molar-refractivity contribution in [3.05, 3.63) is 24.3 Å². The second kappa shape index (κ2) is 6.78. The second-order valence-corrected chi connectivity index (χ2v) is 5.46. The van der Waals surface area contributed by atoms with Gasteiger partial charge >= 0.3 is 0 Å². The summed E-state index contributed by atoms with van der Waals surface area (Å²) < 4.78 is 5.47. The van der Waals surface area contributed by atoms with Gasteiger partial charge in [-0.15, -0.1) is 0 Å². The number of rotatable bonds is 8. The van der Waals surface area contributed by atoms with Gasteiger partial charge < -0.3 is 20.1 Å². The Hall–Kier alpha value is -1.26. The number of aliphatic hydroxyl groups excluding tert-OH is 1. The van der Waals surface area contributed by atoms with E-state index >= 15 is 0 Å². The molecule has 4 heteroatoms. The van der Waals surface area contributed by atoms with Crippen LogP contribution in [-0.4, -0.2) is 45.1 Å². The molecule has 2 N–H and O–H groups in total. The van der Waals surface area contributed by atoms with Gasteiger partial charge in [0.15, 0.2) is 0 Å². The van der Waals surface area contributed by atoms with Crippen molar-refractivity contribution in [1.29, 1.82) is 0 Å². The van der Waals surface area contributed by atoms with Gasteiger partial charge in [0.2, 0.25) is 0 Å². The number of aliphatic hydroxyl groups is 1. The Labute approximate surface area is 115 Å². The van der Waals surface area contributed by atoms with Crippen LogP contribution in [0.3, 0.4) is 0 Å². The maximum Gasteiger partial charge on any atom is 0.0945 e. The molecule has 19 heavy (non-hydrogen) atoms. The topological polar surface area (TPSA) is 44.7 Å². The molecular formula is C15H24N2O2. The third kappa shape index (κ3) is 5.09. The van der Waals surface area contributed by atoms with Gasteiger partial charge in [0.25, 0.3) is 0 Å². The third-order valence-corrected chi connectivity index (χ3v) is 3.27. The molecule has 1 unspecified atom stereocenters. The number of hydrogen-bond donors (Lipinski definition) is 2. The summed E-state index contributed by atoms with van der Waals surface area (Å²) in [5.41, 5.74) is 2.16. The van der Waals surface area contributed by atoms with Gasteiger partial charge in [-0.2, -0.15) is 0 Å². The molecule has 0 saturated heterocycles. The fourth-order valence-electron chi connectivity index (χ4n) is 1.84.